The van der Waals surface area contributed by atoms with Gasteiger partial charge in [-0.05, 0) is 36.8 Å². The maximum absolute atomic E-state index is 13.5. The van der Waals surface area contributed by atoms with E-state index in [9.17, 15) is 9.59 Å². The van der Waals surface area contributed by atoms with Crippen molar-refractivity contribution in [3.8, 4) is 0 Å². The van der Waals surface area contributed by atoms with Crippen molar-refractivity contribution in [3.63, 3.8) is 0 Å². The fourth-order valence-electron chi connectivity index (χ4n) is 5.34. The molecule has 2 aromatic carbocycles. The van der Waals surface area contributed by atoms with E-state index in [0.717, 1.165) is 36.8 Å². The van der Waals surface area contributed by atoms with Crippen molar-refractivity contribution in [2.24, 2.45) is 5.92 Å². The zero-order chi connectivity index (χ0) is 22.6. The van der Waals surface area contributed by atoms with Gasteiger partial charge >= 0.3 is 0 Å². The van der Waals surface area contributed by atoms with Crippen LogP contribution in [0.2, 0.25) is 0 Å². The molecule has 0 saturated carbocycles. The summed E-state index contributed by atoms with van der Waals surface area (Å²) in [7, 11) is 0. The summed E-state index contributed by atoms with van der Waals surface area (Å²) in [6.45, 7) is 5.51. The van der Waals surface area contributed by atoms with Gasteiger partial charge in [0.1, 0.15) is 5.54 Å². The van der Waals surface area contributed by atoms with Crippen LogP contribution in [0.1, 0.15) is 50.7 Å². The summed E-state index contributed by atoms with van der Waals surface area (Å²) >= 11 is 0. The number of hydrogen-bond donors (Lipinski definition) is 2. The average molecular weight is 434 g/mol. The Bertz CT molecular complexity index is 875. The first-order chi connectivity index (χ1) is 15.5. The van der Waals surface area contributed by atoms with Crippen LogP contribution in [-0.4, -0.2) is 41.0 Å². The molecule has 2 aliphatic rings. The van der Waals surface area contributed by atoms with Gasteiger partial charge in [-0.1, -0.05) is 74.5 Å². The summed E-state index contributed by atoms with van der Waals surface area (Å²) in [5.74, 6) is 0.421. The molecule has 170 valence electrons. The second kappa shape index (κ2) is 9.45. The Morgan fingerprint density at radius 1 is 0.906 bits per heavy atom. The molecular weight excluding hydrogens is 398 g/mol. The van der Waals surface area contributed by atoms with Gasteiger partial charge in [-0.3, -0.25) is 14.9 Å². The highest BCUT2D eigenvalue weighted by molar-refractivity contribution is 5.90. The van der Waals surface area contributed by atoms with E-state index in [4.69, 9.17) is 0 Å². The van der Waals surface area contributed by atoms with Gasteiger partial charge < -0.3 is 10.2 Å². The van der Waals surface area contributed by atoms with Gasteiger partial charge in [-0.15, -0.1) is 0 Å². The van der Waals surface area contributed by atoms with Gasteiger partial charge in [0.25, 0.3) is 0 Å². The Kier molecular flexibility index (Phi) is 6.66. The highest BCUT2D eigenvalue weighted by Gasteiger charge is 2.54. The van der Waals surface area contributed by atoms with Crippen LogP contribution >= 0.6 is 0 Å². The van der Waals surface area contributed by atoms with Gasteiger partial charge in [0.15, 0.2) is 0 Å². The highest BCUT2D eigenvalue weighted by atomic mass is 16.2. The number of carbonyl (C=O) groups excluding carboxylic acids is 2. The van der Waals surface area contributed by atoms with Crippen LogP contribution in [0.3, 0.4) is 0 Å². The third-order valence-corrected chi connectivity index (χ3v) is 7.23. The molecule has 2 aliphatic heterocycles. The first-order valence-corrected chi connectivity index (χ1v) is 12.0. The molecule has 0 aliphatic carbocycles. The number of hydrogen-bond acceptors (Lipinski definition) is 3. The third kappa shape index (κ3) is 4.58. The number of benzene rings is 2. The molecule has 0 atom stereocenters. The quantitative estimate of drug-likeness (QED) is 0.700. The van der Waals surface area contributed by atoms with E-state index >= 15 is 0 Å². The molecule has 2 fully saturated rings. The lowest BCUT2D eigenvalue weighted by atomic mass is 9.84. The fraction of sp³-hybridized carbons (Fsp3) is 0.481. The van der Waals surface area contributed by atoms with E-state index < -0.39 is 11.2 Å². The molecule has 4 rings (SSSR count). The molecule has 2 amide bonds. The minimum absolute atomic E-state index is 0.0602. The number of nitrogens with one attached hydrogen (secondary N) is 2. The van der Waals surface area contributed by atoms with Crippen LogP contribution in [-0.2, 0) is 22.4 Å². The van der Waals surface area contributed by atoms with Crippen LogP contribution in [0.4, 0.5) is 0 Å². The predicted molar refractivity (Wildman–Crippen MR) is 127 cm³/mol. The summed E-state index contributed by atoms with van der Waals surface area (Å²) in [6.07, 6.45) is 4.48. The molecule has 0 unspecified atom stereocenters. The van der Waals surface area contributed by atoms with E-state index in [2.05, 4.69) is 48.7 Å². The first kappa shape index (κ1) is 22.5. The zero-order valence-electron chi connectivity index (χ0n) is 19.3. The molecule has 5 heteroatoms. The summed E-state index contributed by atoms with van der Waals surface area (Å²) < 4.78 is 0. The fourth-order valence-corrected chi connectivity index (χ4v) is 5.34. The van der Waals surface area contributed by atoms with Crippen LogP contribution in [0.5, 0.6) is 0 Å². The molecule has 0 radical (unpaired) electrons. The Morgan fingerprint density at radius 2 is 1.41 bits per heavy atom. The highest BCUT2D eigenvalue weighted by Crippen LogP contribution is 2.33. The standard InChI is InChI=1S/C27H35N3O2/c1-3-23(4-2)24(31)30-17-15-27(16-18-30)28-25(32)26(29-27,19-21-11-7-5-8-12-21)20-22-13-9-6-10-14-22/h5-14,23,29H,3-4,15-20H2,1-2H3,(H,28,32). The molecular formula is C27H35N3O2. The Morgan fingerprint density at radius 3 is 1.88 bits per heavy atom. The van der Waals surface area contributed by atoms with Crippen LogP contribution in [0.25, 0.3) is 0 Å². The minimum atomic E-state index is -0.704. The lowest BCUT2D eigenvalue weighted by molar-refractivity contribution is -0.137. The summed E-state index contributed by atoms with van der Waals surface area (Å²) in [5, 5.41) is 7.11. The van der Waals surface area contributed by atoms with Crippen molar-refractivity contribution in [2.75, 3.05) is 13.1 Å². The Hall–Kier alpha value is -2.66. The van der Waals surface area contributed by atoms with E-state index in [1.807, 2.05) is 41.3 Å². The van der Waals surface area contributed by atoms with Gasteiger partial charge in [0, 0.05) is 31.8 Å². The molecule has 0 bridgehead atoms. The maximum Gasteiger partial charge on any atom is 0.242 e. The molecule has 1 spiro atoms. The molecule has 5 nitrogen and oxygen atoms in total. The van der Waals surface area contributed by atoms with Crippen molar-refractivity contribution in [3.05, 3.63) is 71.8 Å². The predicted octanol–water partition coefficient (Wildman–Crippen LogP) is 3.68. The Labute approximate surface area is 191 Å². The smallest absolute Gasteiger partial charge is 0.242 e. The maximum atomic E-state index is 13.5. The summed E-state index contributed by atoms with van der Waals surface area (Å²) in [6, 6.07) is 20.5. The molecule has 2 N–H and O–H groups in total. The number of rotatable bonds is 7. The van der Waals surface area contributed by atoms with Crippen molar-refractivity contribution >= 4 is 11.8 Å². The minimum Gasteiger partial charge on any atom is -0.342 e. The van der Waals surface area contributed by atoms with E-state index in [1.165, 1.54) is 0 Å². The van der Waals surface area contributed by atoms with E-state index in [-0.39, 0.29) is 17.7 Å². The van der Waals surface area contributed by atoms with Crippen molar-refractivity contribution < 1.29 is 9.59 Å². The summed E-state index contributed by atoms with van der Waals surface area (Å²) in [5.41, 5.74) is 1.13. The Balaban J connectivity index is 1.54. The van der Waals surface area contributed by atoms with Crippen molar-refractivity contribution in [2.45, 2.75) is 63.6 Å². The van der Waals surface area contributed by atoms with Crippen LogP contribution < -0.4 is 10.6 Å². The number of piperidine rings is 1. The van der Waals surface area contributed by atoms with Gasteiger partial charge in [-0.25, -0.2) is 0 Å². The topological polar surface area (TPSA) is 61.4 Å². The van der Waals surface area contributed by atoms with Crippen LogP contribution in [0, 0.1) is 5.92 Å². The van der Waals surface area contributed by atoms with Crippen LogP contribution in [0.15, 0.2) is 60.7 Å². The molecule has 32 heavy (non-hydrogen) atoms. The first-order valence-electron chi connectivity index (χ1n) is 12.0. The number of nitrogens with zero attached hydrogens (tertiary/aromatic N) is 1. The number of amides is 2. The second-order valence-corrected chi connectivity index (χ2v) is 9.41. The van der Waals surface area contributed by atoms with E-state index in [0.29, 0.717) is 25.9 Å². The van der Waals surface area contributed by atoms with Gasteiger partial charge in [-0.2, -0.15) is 0 Å². The molecule has 2 aromatic rings. The average Bonchev–Trinajstić information content (AvgIpc) is 3.06. The van der Waals surface area contributed by atoms with Crippen molar-refractivity contribution in [1.82, 2.24) is 15.5 Å². The van der Waals surface area contributed by atoms with Gasteiger partial charge in [0.05, 0.1) is 5.66 Å². The largest absolute Gasteiger partial charge is 0.342 e. The lowest BCUT2D eigenvalue weighted by Gasteiger charge is -2.41. The lowest BCUT2D eigenvalue weighted by Crippen LogP contribution is -2.61. The molecule has 0 aromatic heterocycles. The number of likely N-dealkylation sites (tertiary alicyclic amines) is 1. The number of carbonyl (C=O) groups is 2. The molecule has 2 saturated heterocycles. The SMILES string of the molecule is CCC(CC)C(=O)N1CCC2(CC1)NC(=O)C(Cc1ccccc1)(Cc1ccccc1)N2. The van der Waals surface area contributed by atoms with Crippen molar-refractivity contribution in [1.29, 1.82) is 0 Å². The van der Waals surface area contributed by atoms with Gasteiger partial charge in [0.2, 0.25) is 11.8 Å². The normalized spacial score (nSPS) is 19.3. The zero-order valence-corrected chi connectivity index (χ0v) is 19.3. The summed E-state index contributed by atoms with van der Waals surface area (Å²) in [4.78, 5) is 28.4. The second-order valence-electron chi connectivity index (χ2n) is 9.41. The third-order valence-electron chi connectivity index (χ3n) is 7.23. The van der Waals surface area contributed by atoms with E-state index in [1.54, 1.807) is 0 Å². The molecule has 2 heterocycles. The monoisotopic (exact) mass is 433 g/mol.